The molecule has 0 aliphatic heterocycles. The molecule has 2 aromatic rings. The zero-order valence-electron chi connectivity index (χ0n) is 11.2. The molecule has 20 heavy (non-hydrogen) atoms. The molecule has 0 atom stereocenters. The second kappa shape index (κ2) is 5.64. The van der Waals surface area contributed by atoms with E-state index < -0.39 is 0 Å². The number of benzene rings is 1. The highest BCUT2D eigenvalue weighted by Crippen LogP contribution is 2.32. The van der Waals surface area contributed by atoms with Crippen molar-refractivity contribution in [3.63, 3.8) is 0 Å². The predicted molar refractivity (Wildman–Crippen MR) is 80.2 cm³/mol. The van der Waals surface area contributed by atoms with Crippen molar-refractivity contribution in [2.45, 2.75) is 31.3 Å². The fourth-order valence-electron chi connectivity index (χ4n) is 2.59. The molecular formula is C16H18FNOS. The van der Waals surface area contributed by atoms with E-state index in [-0.39, 0.29) is 18.0 Å². The fourth-order valence-corrected chi connectivity index (χ4v) is 3.33. The molecule has 0 unspecified atom stereocenters. The van der Waals surface area contributed by atoms with E-state index >= 15 is 0 Å². The average Bonchev–Trinajstić information content (AvgIpc) is 2.93. The van der Waals surface area contributed by atoms with Gasteiger partial charge in [0.25, 0.3) is 0 Å². The van der Waals surface area contributed by atoms with Crippen molar-refractivity contribution >= 4 is 11.3 Å². The van der Waals surface area contributed by atoms with Crippen LogP contribution in [-0.2, 0) is 6.54 Å². The Morgan fingerprint density at radius 2 is 2.15 bits per heavy atom. The minimum absolute atomic E-state index is 0.114. The third-order valence-electron chi connectivity index (χ3n) is 4.10. The van der Waals surface area contributed by atoms with E-state index in [0.29, 0.717) is 12.1 Å². The van der Waals surface area contributed by atoms with Crippen LogP contribution in [0.4, 0.5) is 4.39 Å². The maximum Gasteiger partial charge on any atom is 0.131 e. The van der Waals surface area contributed by atoms with Crippen LogP contribution in [0.3, 0.4) is 0 Å². The molecule has 2 N–H and O–H groups in total. The highest BCUT2D eigenvalue weighted by molar-refractivity contribution is 7.13. The van der Waals surface area contributed by atoms with Crippen LogP contribution in [0.25, 0.3) is 10.4 Å². The van der Waals surface area contributed by atoms with Crippen molar-refractivity contribution < 1.29 is 9.50 Å². The molecule has 1 aliphatic rings. The molecule has 0 spiro atoms. The summed E-state index contributed by atoms with van der Waals surface area (Å²) in [5.74, 6) is -0.184. The molecule has 0 amide bonds. The number of aliphatic hydroxyl groups is 1. The molecule has 2 nitrogen and oxygen atoms in total. The number of aliphatic hydroxyl groups excluding tert-OH is 1. The van der Waals surface area contributed by atoms with Gasteiger partial charge in [0.2, 0.25) is 0 Å². The molecule has 3 rings (SSSR count). The Morgan fingerprint density at radius 1 is 1.30 bits per heavy atom. The molecule has 0 bridgehead atoms. The van der Waals surface area contributed by atoms with Crippen molar-refractivity contribution in [3.8, 4) is 10.4 Å². The van der Waals surface area contributed by atoms with Crippen molar-refractivity contribution in [1.29, 1.82) is 0 Å². The van der Waals surface area contributed by atoms with E-state index in [1.54, 1.807) is 11.3 Å². The summed E-state index contributed by atoms with van der Waals surface area (Å²) in [4.78, 5) is 0.949. The number of hydrogen-bond donors (Lipinski definition) is 2. The number of thiophene rings is 1. The highest BCUT2D eigenvalue weighted by atomic mass is 32.1. The molecule has 0 saturated heterocycles. The fraction of sp³-hybridized carbons (Fsp3) is 0.375. The second-order valence-corrected chi connectivity index (χ2v) is 6.38. The molecule has 0 radical (unpaired) electrons. The van der Waals surface area contributed by atoms with Crippen LogP contribution >= 0.6 is 11.3 Å². The van der Waals surface area contributed by atoms with Gasteiger partial charge in [-0.1, -0.05) is 12.1 Å². The van der Waals surface area contributed by atoms with Gasteiger partial charge in [-0.2, -0.15) is 0 Å². The van der Waals surface area contributed by atoms with Crippen LogP contribution < -0.4 is 5.32 Å². The molecule has 1 aliphatic carbocycles. The summed E-state index contributed by atoms with van der Waals surface area (Å²) in [6.07, 6.45) is 3.20. The Bertz CT molecular complexity index is 573. The van der Waals surface area contributed by atoms with Crippen molar-refractivity contribution in [1.82, 2.24) is 5.32 Å². The van der Waals surface area contributed by atoms with Gasteiger partial charge in [0.05, 0.1) is 6.61 Å². The Kier molecular flexibility index (Phi) is 3.87. The van der Waals surface area contributed by atoms with Crippen LogP contribution in [0.15, 0.2) is 35.7 Å². The lowest BCUT2D eigenvalue weighted by Gasteiger charge is -2.41. The summed E-state index contributed by atoms with van der Waals surface area (Å²) >= 11 is 1.54. The van der Waals surface area contributed by atoms with E-state index in [1.165, 1.54) is 6.07 Å². The molecule has 106 valence electrons. The topological polar surface area (TPSA) is 32.3 Å². The first-order valence-corrected chi connectivity index (χ1v) is 7.79. The van der Waals surface area contributed by atoms with E-state index in [1.807, 2.05) is 29.6 Å². The highest BCUT2D eigenvalue weighted by Gasteiger charge is 2.35. The average molecular weight is 291 g/mol. The normalized spacial score (nSPS) is 16.9. The lowest BCUT2D eigenvalue weighted by atomic mass is 9.77. The van der Waals surface area contributed by atoms with Gasteiger partial charge < -0.3 is 10.4 Å². The summed E-state index contributed by atoms with van der Waals surface area (Å²) < 4.78 is 13.9. The summed E-state index contributed by atoms with van der Waals surface area (Å²) in [7, 11) is 0. The zero-order valence-corrected chi connectivity index (χ0v) is 12.0. The second-order valence-electron chi connectivity index (χ2n) is 5.44. The number of halogens is 1. The van der Waals surface area contributed by atoms with Gasteiger partial charge in [0.1, 0.15) is 5.82 Å². The molecule has 1 heterocycles. The van der Waals surface area contributed by atoms with Gasteiger partial charge in [-0.05, 0) is 48.4 Å². The van der Waals surface area contributed by atoms with Crippen LogP contribution in [0.2, 0.25) is 0 Å². The third kappa shape index (κ3) is 2.64. The molecule has 1 fully saturated rings. The number of rotatable bonds is 5. The van der Waals surface area contributed by atoms with Gasteiger partial charge >= 0.3 is 0 Å². The van der Waals surface area contributed by atoms with E-state index in [0.717, 1.165) is 29.7 Å². The number of hydrogen-bond acceptors (Lipinski definition) is 3. The summed E-state index contributed by atoms with van der Waals surface area (Å²) in [6, 6.07) is 9.10. The molecule has 4 heteroatoms. The lowest BCUT2D eigenvalue weighted by Crippen LogP contribution is -2.53. The van der Waals surface area contributed by atoms with Crippen LogP contribution in [0, 0.1) is 5.82 Å². The van der Waals surface area contributed by atoms with E-state index in [4.69, 9.17) is 0 Å². The predicted octanol–water partition coefficient (Wildman–Crippen LogP) is 3.56. The largest absolute Gasteiger partial charge is 0.394 e. The summed E-state index contributed by atoms with van der Waals surface area (Å²) in [5.41, 5.74) is 1.60. The van der Waals surface area contributed by atoms with Gasteiger partial charge in [0.15, 0.2) is 0 Å². The first-order valence-electron chi connectivity index (χ1n) is 6.91. The number of nitrogens with one attached hydrogen (secondary N) is 1. The minimum atomic E-state index is -0.184. The maximum atomic E-state index is 13.9. The summed E-state index contributed by atoms with van der Waals surface area (Å²) in [5, 5.41) is 14.8. The van der Waals surface area contributed by atoms with Crippen molar-refractivity contribution in [3.05, 3.63) is 47.1 Å². The zero-order chi connectivity index (χ0) is 14.0. The first kappa shape index (κ1) is 13.7. The molecule has 1 saturated carbocycles. The Morgan fingerprint density at radius 3 is 2.75 bits per heavy atom. The van der Waals surface area contributed by atoms with Crippen LogP contribution in [-0.4, -0.2) is 17.3 Å². The summed E-state index contributed by atoms with van der Waals surface area (Å²) in [6.45, 7) is 0.838. The van der Waals surface area contributed by atoms with E-state index in [9.17, 15) is 9.50 Å². The Hall–Kier alpha value is -1.23. The van der Waals surface area contributed by atoms with Gasteiger partial charge in [-0.3, -0.25) is 0 Å². The minimum Gasteiger partial charge on any atom is -0.394 e. The quantitative estimate of drug-likeness (QED) is 0.883. The van der Waals surface area contributed by atoms with E-state index in [2.05, 4.69) is 5.32 Å². The SMILES string of the molecule is OCC1(NCc2ccc(F)c(-c3cccs3)c2)CCC1. The van der Waals surface area contributed by atoms with Crippen LogP contribution in [0.5, 0.6) is 0 Å². The first-order chi connectivity index (χ1) is 9.72. The Labute approximate surface area is 122 Å². The van der Waals surface area contributed by atoms with Gasteiger partial charge in [0, 0.05) is 22.5 Å². The molecular weight excluding hydrogens is 273 g/mol. The standard InChI is InChI=1S/C16H18FNOS/c17-14-5-4-12(9-13(14)15-3-1-8-20-15)10-18-16(11-19)6-2-7-16/h1,3-5,8-9,18-19H,2,6-7,10-11H2. The Balaban J connectivity index is 1.76. The molecule has 1 aromatic carbocycles. The smallest absolute Gasteiger partial charge is 0.131 e. The monoisotopic (exact) mass is 291 g/mol. The van der Waals surface area contributed by atoms with Crippen molar-refractivity contribution in [2.24, 2.45) is 0 Å². The molecule has 1 aromatic heterocycles. The van der Waals surface area contributed by atoms with Gasteiger partial charge in [-0.25, -0.2) is 4.39 Å². The third-order valence-corrected chi connectivity index (χ3v) is 5.00. The van der Waals surface area contributed by atoms with Crippen molar-refractivity contribution in [2.75, 3.05) is 6.61 Å². The maximum absolute atomic E-state index is 13.9. The van der Waals surface area contributed by atoms with Gasteiger partial charge in [-0.15, -0.1) is 11.3 Å². The lowest BCUT2D eigenvalue weighted by molar-refractivity contribution is 0.0872. The van der Waals surface area contributed by atoms with Crippen LogP contribution in [0.1, 0.15) is 24.8 Å².